The van der Waals surface area contributed by atoms with Crippen LogP contribution in [-0.4, -0.2) is 11.8 Å². The zero-order valence-corrected chi connectivity index (χ0v) is 7.54. The quantitative estimate of drug-likeness (QED) is 0.713. The van der Waals surface area contributed by atoms with Gasteiger partial charge in [-0.3, -0.25) is 0 Å². The molecule has 14 heavy (non-hydrogen) atoms. The number of benzene rings is 1. The van der Waals surface area contributed by atoms with Gasteiger partial charge in [0.05, 0.1) is 0 Å². The van der Waals surface area contributed by atoms with E-state index in [0.29, 0.717) is 13.3 Å². The standard InChI is InChI=1S/C10H10N2O2/c11-3-6-4-12-8-2-10-9(1-7(6)8)13-5-14-10/h1-2,4,12H,3,5,11H2. The van der Waals surface area contributed by atoms with E-state index in [9.17, 15) is 0 Å². The van der Waals surface area contributed by atoms with E-state index in [-0.39, 0.29) is 0 Å². The number of nitrogens with one attached hydrogen (secondary N) is 1. The van der Waals surface area contributed by atoms with Crippen molar-refractivity contribution in [1.82, 2.24) is 4.98 Å². The maximum Gasteiger partial charge on any atom is 0.231 e. The third-order valence-corrected chi connectivity index (χ3v) is 2.48. The summed E-state index contributed by atoms with van der Waals surface area (Å²) in [7, 11) is 0. The molecule has 0 radical (unpaired) electrons. The minimum Gasteiger partial charge on any atom is -0.454 e. The van der Waals surface area contributed by atoms with Crippen LogP contribution in [0.4, 0.5) is 0 Å². The van der Waals surface area contributed by atoms with Crippen LogP contribution in [0.5, 0.6) is 11.5 Å². The monoisotopic (exact) mass is 190 g/mol. The number of hydrogen-bond acceptors (Lipinski definition) is 3. The van der Waals surface area contributed by atoms with E-state index in [2.05, 4.69) is 4.98 Å². The molecular weight excluding hydrogens is 180 g/mol. The van der Waals surface area contributed by atoms with Crippen LogP contribution in [0.3, 0.4) is 0 Å². The molecule has 0 atom stereocenters. The van der Waals surface area contributed by atoms with Crippen LogP contribution in [-0.2, 0) is 6.54 Å². The van der Waals surface area contributed by atoms with Gasteiger partial charge in [0.2, 0.25) is 6.79 Å². The molecule has 0 saturated carbocycles. The van der Waals surface area contributed by atoms with Crippen LogP contribution in [0.2, 0.25) is 0 Å². The van der Waals surface area contributed by atoms with E-state index >= 15 is 0 Å². The van der Waals surface area contributed by atoms with Gasteiger partial charge in [0.25, 0.3) is 0 Å². The Bertz CT molecular complexity index is 490. The lowest BCUT2D eigenvalue weighted by Crippen LogP contribution is -1.94. The van der Waals surface area contributed by atoms with Gasteiger partial charge in [-0.1, -0.05) is 0 Å². The lowest BCUT2D eigenvalue weighted by molar-refractivity contribution is 0.174. The lowest BCUT2D eigenvalue weighted by Gasteiger charge is -1.97. The van der Waals surface area contributed by atoms with Crippen molar-refractivity contribution >= 4 is 10.9 Å². The molecule has 3 N–H and O–H groups in total. The summed E-state index contributed by atoms with van der Waals surface area (Å²) in [6.07, 6.45) is 1.92. The topological polar surface area (TPSA) is 60.3 Å². The first-order chi connectivity index (χ1) is 6.88. The van der Waals surface area contributed by atoms with Crippen LogP contribution >= 0.6 is 0 Å². The Morgan fingerprint density at radius 3 is 2.86 bits per heavy atom. The maximum absolute atomic E-state index is 5.61. The molecule has 1 aromatic carbocycles. The highest BCUT2D eigenvalue weighted by atomic mass is 16.7. The van der Waals surface area contributed by atoms with Crippen molar-refractivity contribution in [3.05, 3.63) is 23.9 Å². The van der Waals surface area contributed by atoms with Crippen molar-refractivity contribution in [2.75, 3.05) is 6.79 Å². The summed E-state index contributed by atoms with van der Waals surface area (Å²) in [6.45, 7) is 0.833. The van der Waals surface area contributed by atoms with Gasteiger partial charge >= 0.3 is 0 Å². The fourth-order valence-electron chi connectivity index (χ4n) is 1.74. The Morgan fingerprint density at radius 1 is 1.29 bits per heavy atom. The predicted molar refractivity (Wildman–Crippen MR) is 52.3 cm³/mol. The normalized spacial score (nSPS) is 13.8. The van der Waals surface area contributed by atoms with Crippen molar-refractivity contribution in [2.45, 2.75) is 6.54 Å². The van der Waals surface area contributed by atoms with Crippen molar-refractivity contribution in [3.8, 4) is 11.5 Å². The average molecular weight is 190 g/mol. The molecule has 1 aliphatic rings. The van der Waals surface area contributed by atoms with Crippen LogP contribution in [0.25, 0.3) is 10.9 Å². The number of nitrogens with two attached hydrogens (primary N) is 1. The molecule has 0 spiro atoms. The Kier molecular flexibility index (Phi) is 1.46. The Labute approximate surface area is 80.6 Å². The molecule has 4 nitrogen and oxygen atoms in total. The molecule has 2 aromatic rings. The maximum atomic E-state index is 5.61. The Hall–Kier alpha value is -1.68. The summed E-state index contributed by atoms with van der Waals surface area (Å²) in [6, 6.07) is 3.91. The molecular formula is C10H10N2O2. The molecule has 0 fully saturated rings. The fraction of sp³-hybridized carbons (Fsp3) is 0.200. The molecule has 0 aliphatic carbocycles. The molecule has 72 valence electrons. The fourth-order valence-corrected chi connectivity index (χ4v) is 1.74. The number of hydrogen-bond donors (Lipinski definition) is 2. The highest BCUT2D eigenvalue weighted by Crippen LogP contribution is 2.36. The number of H-pyrrole nitrogens is 1. The zero-order chi connectivity index (χ0) is 9.54. The van der Waals surface area contributed by atoms with Gasteiger partial charge < -0.3 is 20.2 Å². The summed E-state index contributed by atoms with van der Waals surface area (Å²) < 4.78 is 10.6. The van der Waals surface area contributed by atoms with E-state index in [1.807, 2.05) is 18.3 Å². The van der Waals surface area contributed by atoms with Crippen molar-refractivity contribution < 1.29 is 9.47 Å². The highest BCUT2D eigenvalue weighted by Gasteiger charge is 2.15. The van der Waals surface area contributed by atoms with Gasteiger partial charge in [0.15, 0.2) is 11.5 Å². The SMILES string of the molecule is NCc1c[nH]c2cc3c(cc12)OCO3. The molecule has 2 heterocycles. The summed E-state index contributed by atoms with van der Waals surface area (Å²) >= 11 is 0. The zero-order valence-electron chi connectivity index (χ0n) is 7.54. The molecule has 1 aromatic heterocycles. The average Bonchev–Trinajstić information content (AvgIpc) is 2.78. The number of rotatable bonds is 1. The third kappa shape index (κ3) is 0.914. The van der Waals surface area contributed by atoms with E-state index < -0.39 is 0 Å². The Balaban J connectivity index is 2.30. The molecule has 4 heteroatoms. The summed E-state index contributed by atoms with van der Waals surface area (Å²) in [5.74, 6) is 1.59. The third-order valence-electron chi connectivity index (χ3n) is 2.48. The van der Waals surface area contributed by atoms with Gasteiger partial charge in [-0.15, -0.1) is 0 Å². The first-order valence-corrected chi connectivity index (χ1v) is 4.48. The van der Waals surface area contributed by atoms with Crippen molar-refractivity contribution in [1.29, 1.82) is 0 Å². The largest absolute Gasteiger partial charge is 0.454 e. The first-order valence-electron chi connectivity index (χ1n) is 4.48. The van der Waals surface area contributed by atoms with Crippen LogP contribution < -0.4 is 15.2 Å². The van der Waals surface area contributed by atoms with E-state index in [0.717, 1.165) is 28.0 Å². The first kappa shape index (κ1) is 7.70. The minimum atomic E-state index is 0.305. The number of fused-ring (bicyclic) bond motifs is 2. The van der Waals surface area contributed by atoms with Crippen LogP contribution in [0.15, 0.2) is 18.3 Å². The second-order valence-corrected chi connectivity index (χ2v) is 3.27. The van der Waals surface area contributed by atoms with Gasteiger partial charge in [0.1, 0.15) is 0 Å². The second kappa shape index (κ2) is 2.65. The summed E-state index contributed by atoms with van der Waals surface area (Å²) in [5.41, 5.74) is 7.75. The molecule has 0 unspecified atom stereocenters. The van der Waals surface area contributed by atoms with E-state index in [1.165, 1.54) is 0 Å². The van der Waals surface area contributed by atoms with Crippen molar-refractivity contribution in [2.24, 2.45) is 5.73 Å². The summed E-state index contributed by atoms with van der Waals surface area (Å²) in [5, 5.41) is 1.11. The number of aromatic amines is 1. The number of ether oxygens (including phenoxy) is 2. The van der Waals surface area contributed by atoms with Gasteiger partial charge in [-0.25, -0.2) is 0 Å². The predicted octanol–water partition coefficient (Wildman–Crippen LogP) is 1.36. The van der Waals surface area contributed by atoms with Gasteiger partial charge in [0, 0.05) is 29.7 Å². The van der Waals surface area contributed by atoms with E-state index in [4.69, 9.17) is 15.2 Å². The summed E-state index contributed by atoms with van der Waals surface area (Å²) in [4.78, 5) is 3.15. The highest BCUT2D eigenvalue weighted by molar-refractivity contribution is 5.86. The lowest BCUT2D eigenvalue weighted by atomic mass is 10.1. The molecule has 0 bridgehead atoms. The molecule has 0 amide bonds. The van der Waals surface area contributed by atoms with E-state index in [1.54, 1.807) is 0 Å². The molecule has 3 rings (SSSR count). The molecule has 1 aliphatic heterocycles. The second-order valence-electron chi connectivity index (χ2n) is 3.27. The minimum absolute atomic E-state index is 0.305. The van der Waals surface area contributed by atoms with Crippen molar-refractivity contribution in [3.63, 3.8) is 0 Å². The van der Waals surface area contributed by atoms with Crippen LogP contribution in [0, 0.1) is 0 Å². The Morgan fingerprint density at radius 2 is 2.07 bits per heavy atom. The smallest absolute Gasteiger partial charge is 0.231 e. The van der Waals surface area contributed by atoms with Crippen LogP contribution in [0.1, 0.15) is 5.56 Å². The number of aromatic nitrogens is 1. The molecule has 0 saturated heterocycles. The van der Waals surface area contributed by atoms with Gasteiger partial charge in [-0.05, 0) is 11.6 Å². The van der Waals surface area contributed by atoms with Gasteiger partial charge in [-0.2, -0.15) is 0 Å².